The van der Waals surface area contributed by atoms with Crippen LogP contribution in [0.25, 0.3) is 0 Å². The number of rotatable bonds is 4. The minimum absolute atomic E-state index is 0. The summed E-state index contributed by atoms with van der Waals surface area (Å²) in [7, 11) is 1.64. The zero-order valence-corrected chi connectivity index (χ0v) is 12.0. The van der Waals surface area contributed by atoms with Crippen molar-refractivity contribution in [2.75, 3.05) is 12.4 Å². The summed E-state index contributed by atoms with van der Waals surface area (Å²) >= 11 is 1.47. The first-order valence-corrected chi connectivity index (χ1v) is 6.26. The van der Waals surface area contributed by atoms with Crippen molar-refractivity contribution >= 4 is 34.8 Å². The Balaban J connectivity index is 0.00000180. The van der Waals surface area contributed by atoms with Gasteiger partial charge in [0, 0.05) is 17.1 Å². The number of para-hydroxylation sites is 1. The number of aliphatic imine (C=N–C) groups is 1. The number of guanidine groups is 1. The van der Waals surface area contributed by atoms with Crippen molar-refractivity contribution in [2.24, 2.45) is 10.7 Å². The van der Waals surface area contributed by atoms with E-state index in [1.807, 2.05) is 29.6 Å². The van der Waals surface area contributed by atoms with Crippen LogP contribution in [-0.4, -0.2) is 18.1 Å². The molecule has 0 saturated heterocycles. The number of aromatic nitrogens is 1. The third-order valence-corrected chi connectivity index (χ3v) is 2.97. The third kappa shape index (κ3) is 4.42. The monoisotopic (exact) mass is 298 g/mol. The second-order valence-corrected chi connectivity index (χ2v) is 4.37. The highest BCUT2D eigenvalue weighted by molar-refractivity contribution is 7.13. The Morgan fingerprint density at radius 2 is 2.26 bits per heavy atom. The fourth-order valence-electron chi connectivity index (χ4n) is 1.44. The Kier molecular flexibility index (Phi) is 6.11. The van der Waals surface area contributed by atoms with Gasteiger partial charge in [-0.15, -0.1) is 23.7 Å². The zero-order chi connectivity index (χ0) is 12.8. The van der Waals surface area contributed by atoms with Gasteiger partial charge in [0.05, 0.1) is 13.7 Å². The average Bonchev–Trinajstić information content (AvgIpc) is 2.89. The highest BCUT2D eigenvalue weighted by Gasteiger charge is 2.01. The maximum absolute atomic E-state index is 5.77. The number of nitrogens with one attached hydrogen (secondary N) is 1. The van der Waals surface area contributed by atoms with E-state index in [-0.39, 0.29) is 12.4 Å². The van der Waals surface area contributed by atoms with Gasteiger partial charge in [0.2, 0.25) is 0 Å². The molecule has 7 heteroatoms. The molecular formula is C12H15ClN4OS. The first-order valence-electron chi connectivity index (χ1n) is 5.38. The van der Waals surface area contributed by atoms with E-state index in [1.165, 1.54) is 11.3 Å². The summed E-state index contributed by atoms with van der Waals surface area (Å²) in [6.07, 6.45) is 1.71. The van der Waals surface area contributed by atoms with E-state index in [0.29, 0.717) is 12.5 Å². The van der Waals surface area contributed by atoms with Gasteiger partial charge in [0.15, 0.2) is 11.1 Å². The Morgan fingerprint density at radius 1 is 1.47 bits per heavy atom. The van der Waals surface area contributed by atoms with Gasteiger partial charge < -0.3 is 15.8 Å². The number of benzene rings is 1. The summed E-state index contributed by atoms with van der Waals surface area (Å²) in [5.74, 6) is 1.15. The molecule has 102 valence electrons. The van der Waals surface area contributed by atoms with Crippen LogP contribution in [0, 0.1) is 0 Å². The lowest BCUT2D eigenvalue weighted by molar-refractivity contribution is 0.410. The van der Waals surface area contributed by atoms with E-state index in [1.54, 1.807) is 13.3 Å². The molecule has 3 N–H and O–H groups in total. The molecule has 0 radical (unpaired) electrons. The predicted octanol–water partition coefficient (Wildman–Crippen LogP) is 2.50. The summed E-state index contributed by atoms with van der Waals surface area (Å²) in [6, 6.07) is 7.72. The molecule has 0 fully saturated rings. The van der Waals surface area contributed by atoms with Gasteiger partial charge in [-0.3, -0.25) is 0 Å². The second kappa shape index (κ2) is 7.60. The van der Waals surface area contributed by atoms with Crippen molar-refractivity contribution in [2.45, 2.75) is 6.54 Å². The molecule has 0 aliphatic carbocycles. The van der Waals surface area contributed by atoms with E-state index in [0.717, 1.165) is 16.4 Å². The molecule has 5 nitrogen and oxygen atoms in total. The summed E-state index contributed by atoms with van der Waals surface area (Å²) in [4.78, 5) is 8.31. The fourth-order valence-corrected chi connectivity index (χ4v) is 1.97. The minimum Gasteiger partial charge on any atom is -0.496 e. The quantitative estimate of drug-likeness (QED) is 0.672. The van der Waals surface area contributed by atoms with E-state index >= 15 is 0 Å². The number of hydrogen-bond acceptors (Lipinski definition) is 4. The maximum atomic E-state index is 5.77. The molecule has 0 aliphatic rings. The van der Waals surface area contributed by atoms with Gasteiger partial charge in [0.25, 0.3) is 0 Å². The van der Waals surface area contributed by atoms with Crippen LogP contribution in [0.2, 0.25) is 0 Å². The fraction of sp³-hybridized carbons (Fsp3) is 0.167. The molecule has 0 unspecified atom stereocenters. The number of hydrogen-bond donors (Lipinski definition) is 2. The molecule has 1 aromatic carbocycles. The topological polar surface area (TPSA) is 72.5 Å². The summed E-state index contributed by atoms with van der Waals surface area (Å²) in [6.45, 7) is 0.466. The molecule has 1 heterocycles. The van der Waals surface area contributed by atoms with Crippen LogP contribution >= 0.6 is 23.7 Å². The zero-order valence-electron chi connectivity index (χ0n) is 10.4. The van der Waals surface area contributed by atoms with Gasteiger partial charge >= 0.3 is 0 Å². The summed E-state index contributed by atoms with van der Waals surface area (Å²) < 4.78 is 5.24. The van der Waals surface area contributed by atoms with Crippen molar-refractivity contribution in [3.8, 4) is 5.75 Å². The van der Waals surface area contributed by atoms with Gasteiger partial charge in [-0.2, -0.15) is 0 Å². The number of nitrogens with zero attached hydrogens (tertiary/aromatic N) is 2. The Bertz CT molecular complexity index is 530. The number of thiazole rings is 1. The van der Waals surface area contributed by atoms with Crippen molar-refractivity contribution in [1.29, 1.82) is 0 Å². The molecule has 19 heavy (non-hydrogen) atoms. The van der Waals surface area contributed by atoms with Crippen molar-refractivity contribution in [3.05, 3.63) is 41.4 Å². The SMILES string of the molecule is COc1ccccc1CN=C(N)Nc1nccs1.Cl. The van der Waals surface area contributed by atoms with E-state index in [4.69, 9.17) is 10.5 Å². The van der Waals surface area contributed by atoms with E-state index in [2.05, 4.69) is 15.3 Å². The molecule has 0 spiro atoms. The van der Waals surface area contributed by atoms with Crippen LogP contribution in [0.3, 0.4) is 0 Å². The standard InChI is InChI=1S/C12H14N4OS.ClH/c1-17-10-5-3-2-4-9(10)8-15-11(13)16-12-14-6-7-18-12;/h2-7H,8H2,1H3,(H3,13,14,15,16);1H. The van der Waals surface area contributed by atoms with Crippen LogP contribution < -0.4 is 15.8 Å². The largest absolute Gasteiger partial charge is 0.496 e. The van der Waals surface area contributed by atoms with Crippen LogP contribution in [0.1, 0.15) is 5.56 Å². The number of ether oxygens (including phenoxy) is 1. The third-order valence-electron chi connectivity index (χ3n) is 2.28. The summed E-state index contributed by atoms with van der Waals surface area (Å²) in [5, 5.41) is 5.53. The van der Waals surface area contributed by atoms with Crippen molar-refractivity contribution < 1.29 is 4.74 Å². The minimum atomic E-state index is 0. The van der Waals surface area contributed by atoms with Crippen LogP contribution in [0.4, 0.5) is 5.13 Å². The predicted molar refractivity (Wildman–Crippen MR) is 81.3 cm³/mol. The highest BCUT2D eigenvalue weighted by Crippen LogP contribution is 2.18. The first-order chi connectivity index (χ1) is 8.79. The molecule has 0 aliphatic heterocycles. The van der Waals surface area contributed by atoms with Gasteiger partial charge in [-0.25, -0.2) is 9.98 Å². The van der Waals surface area contributed by atoms with Gasteiger partial charge in [-0.05, 0) is 6.07 Å². The Labute approximate surface area is 121 Å². The molecule has 1 aromatic heterocycles. The normalized spacial score (nSPS) is 10.7. The molecule has 0 bridgehead atoms. The van der Waals surface area contributed by atoms with Gasteiger partial charge in [-0.1, -0.05) is 18.2 Å². The Hall–Kier alpha value is -1.79. The number of nitrogens with two attached hydrogens (primary N) is 1. The van der Waals surface area contributed by atoms with Crippen molar-refractivity contribution in [1.82, 2.24) is 4.98 Å². The van der Waals surface area contributed by atoms with Crippen molar-refractivity contribution in [3.63, 3.8) is 0 Å². The number of halogens is 1. The first kappa shape index (κ1) is 15.3. The van der Waals surface area contributed by atoms with Crippen LogP contribution in [-0.2, 0) is 6.54 Å². The molecule has 0 saturated carbocycles. The molecule has 0 amide bonds. The van der Waals surface area contributed by atoms with Gasteiger partial charge in [0.1, 0.15) is 5.75 Å². The molecule has 2 aromatic rings. The second-order valence-electron chi connectivity index (χ2n) is 3.48. The molecular weight excluding hydrogens is 284 g/mol. The lowest BCUT2D eigenvalue weighted by Gasteiger charge is -2.06. The van der Waals surface area contributed by atoms with Crippen LogP contribution in [0.5, 0.6) is 5.75 Å². The maximum Gasteiger partial charge on any atom is 0.195 e. The number of methoxy groups -OCH3 is 1. The van der Waals surface area contributed by atoms with E-state index < -0.39 is 0 Å². The van der Waals surface area contributed by atoms with Crippen LogP contribution in [0.15, 0.2) is 40.8 Å². The lowest BCUT2D eigenvalue weighted by atomic mass is 10.2. The average molecular weight is 299 g/mol. The Morgan fingerprint density at radius 3 is 2.95 bits per heavy atom. The molecule has 0 atom stereocenters. The number of anilines is 1. The highest BCUT2D eigenvalue weighted by atomic mass is 35.5. The smallest absolute Gasteiger partial charge is 0.195 e. The lowest BCUT2D eigenvalue weighted by Crippen LogP contribution is -2.22. The van der Waals surface area contributed by atoms with E-state index in [9.17, 15) is 0 Å². The molecule has 2 rings (SSSR count). The summed E-state index contributed by atoms with van der Waals surface area (Å²) in [5.41, 5.74) is 6.76.